The fourth-order valence-electron chi connectivity index (χ4n) is 3.89. The Hall–Kier alpha value is -3.83. The molecule has 3 heterocycles. The predicted octanol–water partition coefficient (Wildman–Crippen LogP) is 3.12. The summed E-state index contributed by atoms with van der Waals surface area (Å²) in [5, 5.41) is 17.8. The maximum Gasteiger partial charge on any atom is 0.225 e. The van der Waals surface area contributed by atoms with Gasteiger partial charge in [0.15, 0.2) is 0 Å². The summed E-state index contributed by atoms with van der Waals surface area (Å²) in [6, 6.07) is 12.4. The number of nitriles is 1. The van der Waals surface area contributed by atoms with Gasteiger partial charge in [-0.15, -0.1) is 0 Å². The molecule has 8 heteroatoms. The predicted molar refractivity (Wildman–Crippen MR) is 117 cm³/mol. The molecule has 31 heavy (non-hydrogen) atoms. The van der Waals surface area contributed by atoms with Crippen molar-refractivity contribution in [2.45, 2.75) is 0 Å². The number of nitrogens with one attached hydrogen (secondary N) is 1. The minimum atomic E-state index is -0.559. The van der Waals surface area contributed by atoms with Gasteiger partial charge in [-0.05, 0) is 29.8 Å². The molecule has 1 aliphatic heterocycles. The molecule has 0 atom stereocenters. The molecule has 0 spiro atoms. The molecule has 2 aromatic carbocycles. The molecular weight excluding hydrogens is 393 g/mol. The normalized spacial score (nSPS) is 14.0. The fraction of sp³-hybridized carbons (Fsp3) is 0.217. The first-order valence-electron chi connectivity index (χ1n) is 10.1. The van der Waals surface area contributed by atoms with E-state index in [-0.39, 0.29) is 5.56 Å². The van der Waals surface area contributed by atoms with Crippen LogP contribution in [-0.4, -0.2) is 45.9 Å². The molecule has 1 saturated heterocycles. The Labute approximate surface area is 178 Å². The summed E-state index contributed by atoms with van der Waals surface area (Å²) in [5.41, 5.74) is 3.88. The van der Waals surface area contributed by atoms with Crippen molar-refractivity contribution in [3.8, 4) is 28.5 Å². The van der Waals surface area contributed by atoms with Crippen LogP contribution in [0, 0.1) is 17.1 Å². The molecule has 0 aliphatic carbocycles. The zero-order valence-electron chi connectivity index (χ0n) is 17.0. The summed E-state index contributed by atoms with van der Waals surface area (Å²) in [6.07, 6.45) is 3.75. The molecule has 1 aliphatic rings. The maximum absolute atomic E-state index is 14.4. The third kappa shape index (κ3) is 3.60. The van der Waals surface area contributed by atoms with E-state index in [1.54, 1.807) is 16.9 Å². The highest BCUT2D eigenvalue weighted by molar-refractivity contribution is 5.88. The van der Waals surface area contributed by atoms with Crippen molar-refractivity contribution in [2.24, 2.45) is 7.05 Å². The van der Waals surface area contributed by atoms with Crippen LogP contribution in [0.4, 0.5) is 10.3 Å². The number of halogens is 1. The van der Waals surface area contributed by atoms with Crippen LogP contribution in [0.1, 0.15) is 5.56 Å². The van der Waals surface area contributed by atoms with E-state index in [4.69, 9.17) is 10.2 Å². The van der Waals surface area contributed by atoms with Gasteiger partial charge in [0, 0.05) is 62.1 Å². The van der Waals surface area contributed by atoms with Gasteiger partial charge >= 0.3 is 0 Å². The number of fused-ring (bicyclic) bond motifs is 1. The van der Waals surface area contributed by atoms with E-state index in [1.807, 2.05) is 37.5 Å². The quantitative estimate of drug-likeness (QED) is 0.556. The molecule has 1 N–H and O–H groups in total. The second-order valence-electron chi connectivity index (χ2n) is 7.55. The first-order chi connectivity index (χ1) is 15.1. The van der Waals surface area contributed by atoms with E-state index >= 15 is 0 Å². The highest BCUT2D eigenvalue weighted by Gasteiger charge is 2.18. The number of nitrogens with zero attached hydrogens (tertiary/aromatic N) is 6. The maximum atomic E-state index is 14.4. The van der Waals surface area contributed by atoms with Gasteiger partial charge in [-0.1, -0.05) is 12.1 Å². The molecule has 0 amide bonds. The highest BCUT2D eigenvalue weighted by Crippen LogP contribution is 2.33. The van der Waals surface area contributed by atoms with Crippen molar-refractivity contribution < 1.29 is 4.39 Å². The summed E-state index contributed by atoms with van der Waals surface area (Å²) in [5.74, 6) is 0.0588. The van der Waals surface area contributed by atoms with Crippen LogP contribution < -0.4 is 10.2 Å². The van der Waals surface area contributed by atoms with Crippen LogP contribution in [0.15, 0.2) is 48.8 Å². The van der Waals surface area contributed by atoms with Gasteiger partial charge in [-0.2, -0.15) is 10.4 Å². The monoisotopic (exact) mass is 413 g/mol. The molecule has 154 valence electrons. The SMILES string of the molecule is Cn1cc2cc(-c3cnc(N4CCNCC4)nc3-c3ccc(C#N)c(F)c3)ccc2n1. The lowest BCUT2D eigenvalue weighted by molar-refractivity contribution is 0.580. The van der Waals surface area contributed by atoms with E-state index < -0.39 is 5.82 Å². The minimum Gasteiger partial charge on any atom is -0.338 e. The van der Waals surface area contributed by atoms with Gasteiger partial charge in [-0.25, -0.2) is 14.4 Å². The number of anilines is 1. The molecule has 0 bridgehead atoms. The van der Waals surface area contributed by atoms with E-state index in [0.717, 1.165) is 48.2 Å². The molecular formula is C23H20FN7. The minimum absolute atomic E-state index is 0.0125. The number of benzene rings is 2. The zero-order chi connectivity index (χ0) is 21.4. The first-order valence-corrected chi connectivity index (χ1v) is 10.1. The van der Waals surface area contributed by atoms with Crippen LogP contribution in [-0.2, 0) is 7.05 Å². The highest BCUT2D eigenvalue weighted by atomic mass is 19.1. The molecule has 1 fully saturated rings. The van der Waals surface area contributed by atoms with Gasteiger partial charge in [0.1, 0.15) is 11.9 Å². The number of aromatic nitrogens is 4. The topological polar surface area (TPSA) is 82.7 Å². The Morgan fingerprint density at radius 1 is 1.10 bits per heavy atom. The first kappa shape index (κ1) is 19.2. The smallest absolute Gasteiger partial charge is 0.225 e. The summed E-state index contributed by atoms with van der Waals surface area (Å²) >= 11 is 0. The third-order valence-corrected chi connectivity index (χ3v) is 5.47. The number of aryl methyl sites for hydroxylation is 1. The Bertz CT molecular complexity index is 1320. The second kappa shape index (κ2) is 7.78. The Morgan fingerprint density at radius 3 is 2.68 bits per heavy atom. The van der Waals surface area contributed by atoms with Gasteiger partial charge in [0.05, 0.1) is 16.8 Å². The van der Waals surface area contributed by atoms with Crippen molar-refractivity contribution in [1.29, 1.82) is 5.26 Å². The van der Waals surface area contributed by atoms with Crippen molar-refractivity contribution in [3.63, 3.8) is 0 Å². The third-order valence-electron chi connectivity index (χ3n) is 5.47. The zero-order valence-corrected chi connectivity index (χ0v) is 17.0. The Kier molecular flexibility index (Phi) is 4.81. The summed E-state index contributed by atoms with van der Waals surface area (Å²) in [6.45, 7) is 3.34. The van der Waals surface area contributed by atoms with E-state index in [1.165, 1.54) is 12.1 Å². The van der Waals surface area contributed by atoms with Crippen molar-refractivity contribution >= 4 is 16.9 Å². The molecule has 0 unspecified atom stereocenters. The van der Waals surface area contributed by atoms with E-state index in [0.29, 0.717) is 17.2 Å². The number of rotatable bonds is 3. The summed E-state index contributed by atoms with van der Waals surface area (Å²) in [4.78, 5) is 11.6. The van der Waals surface area contributed by atoms with E-state index in [9.17, 15) is 4.39 Å². The van der Waals surface area contributed by atoms with Crippen molar-refractivity contribution in [2.75, 3.05) is 31.1 Å². The van der Waals surface area contributed by atoms with Crippen LogP contribution in [0.3, 0.4) is 0 Å². The standard InChI is InChI=1S/C23H20FN7/c1-30-14-18-10-15(4-5-21(18)29-30)19-13-27-23(31-8-6-26-7-9-31)28-22(19)16-2-3-17(12-25)20(24)11-16/h2-5,10-11,13-14,26H,6-9H2,1H3. The average molecular weight is 413 g/mol. The summed E-state index contributed by atoms with van der Waals surface area (Å²) < 4.78 is 16.2. The van der Waals surface area contributed by atoms with Gasteiger partial charge in [0.2, 0.25) is 5.95 Å². The number of hydrogen-bond acceptors (Lipinski definition) is 6. The second-order valence-corrected chi connectivity index (χ2v) is 7.55. The van der Waals surface area contributed by atoms with Crippen LogP contribution >= 0.6 is 0 Å². The van der Waals surface area contributed by atoms with Crippen LogP contribution in [0.5, 0.6) is 0 Å². The van der Waals surface area contributed by atoms with E-state index in [2.05, 4.69) is 20.3 Å². The lowest BCUT2D eigenvalue weighted by Gasteiger charge is -2.28. The fourth-order valence-corrected chi connectivity index (χ4v) is 3.89. The molecule has 2 aromatic heterocycles. The lowest BCUT2D eigenvalue weighted by Crippen LogP contribution is -2.44. The molecule has 5 rings (SSSR count). The largest absolute Gasteiger partial charge is 0.338 e. The van der Waals surface area contributed by atoms with Crippen LogP contribution in [0.25, 0.3) is 33.3 Å². The number of piperazine rings is 1. The lowest BCUT2D eigenvalue weighted by atomic mass is 9.99. The van der Waals surface area contributed by atoms with Gasteiger partial charge in [-0.3, -0.25) is 4.68 Å². The van der Waals surface area contributed by atoms with Gasteiger partial charge in [0.25, 0.3) is 0 Å². The molecule has 0 saturated carbocycles. The average Bonchev–Trinajstić information content (AvgIpc) is 3.18. The van der Waals surface area contributed by atoms with Crippen LogP contribution in [0.2, 0.25) is 0 Å². The molecule has 0 radical (unpaired) electrons. The van der Waals surface area contributed by atoms with Gasteiger partial charge < -0.3 is 10.2 Å². The van der Waals surface area contributed by atoms with Crippen molar-refractivity contribution in [3.05, 3.63) is 60.2 Å². The Balaban J connectivity index is 1.67. The number of hydrogen-bond donors (Lipinski definition) is 1. The molecule has 7 nitrogen and oxygen atoms in total. The summed E-state index contributed by atoms with van der Waals surface area (Å²) in [7, 11) is 1.88. The van der Waals surface area contributed by atoms with Crippen molar-refractivity contribution in [1.82, 2.24) is 25.1 Å². The molecule has 4 aromatic rings. The Morgan fingerprint density at radius 2 is 1.90 bits per heavy atom.